The van der Waals surface area contributed by atoms with Gasteiger partial charge in [0.1, 0.15) is 18.1 Å². The van der Waals surface area contributed by atoms with Gasteiger partial charge in [0.2, 0.25) is 23.6 Å². The summed E-state index contributed by atoms with van der Waals surface area (Å²) in [5, 5.41) is 24.8. The number of nitrogens with one attached hydrogen (secondary N) is 3. The fourth-order valence-electron chi connectivity index (χ4n) is 2.60. The first-order valence-corrected chi connectivity index (χ1v) is 10.8. The number of aliphatic carboxylic acids is 2. The Balaban J connectivity index is 5.53. The van der Waals surface area contributed by atoms with E-state index in [2.05, 4.69) is 28.6 Å². The van der Waals surface area contributed by atoms with Crippen LogP contribution in [0, 0.1) is 0 Å². The normalized spacial score (nSPS) is 14.3. The lowest BCUT2D eigenvalue weighted by molar-refractivity contribution is -0.147. The number of hydrogen-bond donors (Lipinski definition) is 9. The van der Waals surface area contributed by atoms with Gasteiger partial charge in [-0.15, -0.1) is 0 Å². The number of carboxylic acid groups (broad SMARTS) is 2. The second-order valence-corrected chi connectivity index (χ2v) is 7.56. The molecule has 4 atom stereocenters. The first kappa shape index (κ1) is 30.1. The van der Waals surface area contributed by atoms with Crippen molar-refractivity contribution in [3.8, 4) is 0 Å². The molecular weight excluding hydrogens is 460 g/mol. The Morgan fingerprint density at radius 2 is 1.33 bits per heavy atom. The Kier molecular flexibility index (Phi) is 14.4. The van der Waals surface area contributed by atoms with Crippen molar-refractivity contribution in [3.63, 3.8) is 0 Å². The van der Waals surface area contributed by atoms with Crippen molar-refractivity contribution in [2.75, 3.05) is 12.3 Å². The molecule has 0 aliphatic rings. The lowest BCUT2D eigenvalue weighted by Crippen LogP contribution is -2.57. The molecule has 0 bridgehead atoms. The summed E-state index contributed by atoms with van der Waals surface area (Å²) in [6, 6.07) is -5.28. The average Bonchev–Trinajstić information content (AvgIpc) is 2.73. The van der Waals surface area contributed by atoms with E-state index in [1.165, 1.54) is 0 Å². The number of carbonyl (C=O) groups excluding carboxylic acids is 4. The summed E-state index contributed by atoms with van der Waals surface area (Å²) >= 11 is 3.90. The molecule has 33 heavy (non-hydrogen) atoms. The molecule has 0 saturated heterocycles. The predicted octanol–water partition coefficient (Wildman–Crippen LogP) is -3.35. The summed E-state index contributed by atoms with van der Waals surface area (Å²) in [4.78, 5) is 70.8. The van der Waals surface area contributed by atoms with Crippen molar-refractivity contribution in [1.82, 2.24) is 16.0 Å². The smallest absolute Gasteiger partial charge is 0.326 e. The van der Waals surface area contributed by atoms with Gasteiger partial charge in [0.25, 0.3) is 0 Å². The summed E-state index contributed by atoms with van der Waals surface area (Å²) in [5.74, 6) is -6.23. The lowest BCUT2D eigenvalue weighted by Gasteiger charge is -2.25. The van der Waals surface area contributed by atoms with Crippen LogP contribution in [0.2, 0.25) is 0 Å². The second-order valence-electron chi connectivity index (χ2n) is 7.20. The monoisotopic (exact) mass is 492 g/mol. The molecule has 0 heterocycles. The number of hydrogen-bond acceptors (Lipinski definition) is 9. The minimum absolute atomic E-state index is 0.0136. The molecule has 188 valence electrons. The van der Waals surface area contributed by atoms with Crippen LogP contribution in [0.5, 0.6) is 0 Å². The van der Waals surface area contributed by atoms with Crippen LogP contribution in [0.15, 0.2) is 0 Å². The van der Waals surface area contributed by atoms with E-state index in [0.717, 1.165) is 0 Å². The molecule has 0 saturated carbocycles. The fraction of sp³-hybridized carbons (Fsp3) is 0.667. The Hall–Kier alpha value is -2.91. The zero-order valence-electron chi connectivity index (χ0n) is 18.0. The van der Waals surface area contributed by atoms with Crippen molar-refractivity contribution in [3.05, 3.63) is 0 Å². The standard InChI is InChI=1S/C18H32N6O8S/c19-6-2-1-3-10(16(29)24-12(18(31)32)7-14(26)27)23-17(30)11(4-5-13(21)25)22-15(28)9(20)8-33/h9-12,33H,1-8,19-20H2,(H2,21,25)(H,22,28)(H,23,30)(H,24,29)(H,26,27)(H,31,32). The number of unbranched alkanes of at least 4 members (excludes halogenated alkanes) is 1. The molecule has 15 heteroatoms. The van der Waals surface area contributed by atoms with Gasteiger partial charge in [0, 0.05) is 12.2 Å². The van der Waals surface area contributed by atoms with Crippen molar-refractivity contribution in [2.24, 2.45) is 17.2 Å². The molecular formula is C18H32N6O8S. The highest BCUT2D eigenvalue weighted by Gasteiger charge is 2.31. The summed E-state index contributed by atoms with van der Waals surface area (Å²) in [7, 11) is 0. The number of carbonyl (C=O) groups is 6. The quantitative estimate of drug-likeness (QED) is 0.0719. The number of carboxylic acids is 2. The van der Waals surface area contributed by atoms with Crippen molar-refractivity contribution >= 4 is 48.2 Å². The van der Waals surface area contributed by atoms with Gasteiger partial charge in [-0.1, -0.05) is 0 Å². The van der Waals surface area contributed by atoms with E-state index in [-0.39, 0.29) is 25.0 Å². The molecule has 11 N–H and O–H groups in total. The van der Waals surface area contributed by atoms with E-state index in [0.29, 0.717) is 19.4 Å². The van der Waals surface area contributed by atoms with Gasteiger partial charge in [-0.05, 0) is 32.2 Å². The Morgan fingerprint density at radius 3 is 1.79 bits per heavy atom. The maximum atomic E-state index is 12.8. The van der Waals surface area contributed by atoms with Crippen molar-refractivity contribution < 1.29 is 39.0 Å². The van der Waals surface area contributed by atoms with E-state index in [1.807, 2.05) is 0 Å². The zero-order chi connectivity index (χ0) is 25.6. The third-order valence-corrected chi connectivity index (χ3v) is 4.81. The third-order valence-electron chi connectivity index (χ3n) is 4.42. The van der Waals surface area contributed by atoms with E-state index >= 15 is 0 Å². The number of primary amides is 1. The van der Waals surface area contributed by atoms with E-state index in [1.54, 1.807) is 0 Å². The van der Waals surface area contributed by atoms with Gasteiger partial charge in [0.15, 0.2) is 0 Å². The number of thiol groups is 1. The minimum Gasteiger partial charge on any atom is -0.481 e. The zero-order valence-corrected chi connectivity index (χ0v) is 18.9. The van der Waals surface area contributed by atoms with Crippen LogP contribution >= 0.6 is 12.6 Å². The lowest BCUT2D eigenvalue weighted by atomic mass is 10.0. The molecule has 0 spiro atoms. The molecule has 0 fully saturated rings. The Bertz CT molecular complexity index is 722. The molecule has 0 aliphatic carbocycles. The van der Waals surface area contributed by atoms with Gasteiger partial charge in [-0.25, -0.2) is 4.79 Å². The topological polar surface area (TPSA) is 257 Å². The minimum atomic E-state index is -1.72. The van der Waals surface area contributed by atoms with E-state index in [9.17, 15) is 28.8 Å². The highest BCUT2D eigenvalue weighted by molar-refractivity contribution is 7.80. The van der Waals surface area contributed by atoms with Crippen molar-refractivity contribution in [1.29, 1.82) is 0 Å². The molecule has 0 radical (unpaired) electrons. The molecule has 0 rings (SSSR count). The Labute approximate surface area is 195 Å². The van der Waals surface area contributed by atoms with Crippen molar-refractivity contribution in [2.45, 2.75) is 62.7 Å². The van der Waals surface area contributed by atoms with Crippen LogP contribution < -0.4 is 33.2 Å². The van der Waals surface area contributed by atoms with Gasteiger partial charge in [-0.2, -0.15) is 12.6 Å². The molecule has 0 aliphatic heterocycles. The highest BCUT2D eigenvalue weighted by Crippen LogP contribution is 2.06. The third kappa shape index (κ3) is 12.6. The van der Waals surface area contributed by atoms with Gasteiger partial charge >= 0.3 is 11.9 Å². The van der Waals surface area contributed by atoms with Gasteiger partial charge < -0.3 is 43.4 Å². The van der Waals surface area contributed by atoms with Crippen LogP contribution in [0.25, 0.3) is 0 Å². The fourth-order valence-corrected chi connectivity index (χ4v) is 2.76. The van der Waals surface area contributed by atoms with Gasteiger partial charge in [-0.3, -0.25) is 24.0 Å². The molecule has 0 aromatic rings. The maximum absolute atomic E-state index is 12.8. The summed E-state index contributed by atoms with van der Waals surface area (Å²) in [6.45, 7) is 0.304. The average molecular weight is 493 g/mol. The van der Waals surface area contributed by atoms with E-state index < -0.39 is 66.2 Å². The molecule has 0 aromatic heterocycles. The van der Waals surface area contributed by atoms with E-state index in [4.69, 9.17) is 27.4 Å². The van der Waals surface area contributed by atoms with Crippen LogP contribution in [0.1, 0.15) is 38.5 Å². The Morgan fingerprint density at radius 1 is 0.818 bits per heavy atom. The molecule has 4 unspecified atom stereocenters. The first-order valence-electron chi connectivity index (χ1n) is 10.1. The SMILES string of the molecule is NCCCCC(NC(=O)C(CCC(N)=O)NC(=O)C(N)CS)C(=O)NC(CC(=O)O)C(=O)O. The first-order chi connectivity index (χ1) is 15.4. The van der Waals surface area contributed by atoms with Crippen LogP contribution in [0.4, 0.5) is 0 Å². The maximum Gasteiger partial charge on any atom is 0.326 e. The van der Waals surface area contributed by atoms with Crippen LogP contribution in [-0.4, -0.2) is 82.2 Å². The predicted molar refractivity (Wildman–Crippen MR) is 119 cm³/mol. The number of rotatable bonds is 17. The summed E-state index contributed by atoms with van der Waals surface area (Å²) in [6.07, 6.45) is -0.368. The van der Waals surface area contributed by atoms with Crippen LogP contribution in [-0.2, 0) is 28.8 Å². The number of amides is 4. The van der Waals surface area contributed by atoms with Crippen LogP contribution in [0.3, 0.4) is 0 Å². The molecule has 0 aromatic carbocycles. The highest BCUT2D eigenvalue weighted by atomic mass is 32.1. The van der Waals surface area contributed by atoms with Gasteiger partial charge in [0.05, 0.1) is 12.5 Å². The summed E-state index contributed by atoms with van der Waals surface area (Å²) in [5.41, 5.74) is 16.1. The summed E-state index contributed by atoms with van der Waals surface area (Å²) < 4.78 is 0. The largest absolute Gasteiger partial charge is 0.481 e. The molecule has 14 nitrogen and oxygen atoms in total. The number of nitrogens with two attached hydrogens (primary N) is 3. The molecule has 4 amide bonds. The second kappa shape index (κ2) is 15.8.